The number of carbonyl (C=O) groups excluding carboxylic acids is 1. The van der Waals surface area contributed by atoms with Gasteiger partial charge in [-0.3, -0.25) is 4.79 Å². The Kier molecular flexibility index (Phi) is 8.96. The van der Waals surface area contributed by atoms with E-state index >= 15 is 0 Å². The van der Waals surface area contributed by atoms with E-state index in [4.69, 9.17) is 9.47 Å². The Morgan fingerprint density at radius 2 is 1.92 bits per heavy atom. The van der Waals surface area contributed by atoms with Gasteiger partial charge < -0.3 is 14.4 Å². The maximum atomic E-state index is 12.3. The fourth-order valence-corrected chi connectivity index (χ4v) is 2.63. The van der Waals surface area contributed by atoms with Gasteiger partial charge in [0.2, 0.25) is 5.91 Å². The quantitative estimate of drug-likeness (QED) is 0.601. The number of methoxy groups -OCH3 is 1. The molecule has 0 unspecified atom stereocenters. The number of hydrogen-bond donors (Lipinski definition) is 0. The Morgan fingerprint density at radius 1 is 1.20 bits per heavy atom. The molecule has 0 saturated heterocycles. The van der Waals surface area contributed by atoms with Crippen LogP contribution in [0.3, 0.4) is 0 Å². The van der Waals surface area contributed by atoms with Gasteiger partial charge in [-0.2, -0.15) is 13.2 Å². The fourth-order valence-electron chi connectivity index (χ4n) is 2.16. The molecule has 142 valence electrons. The van der Waals surface area contributed by atoms with Crippen molar-refractivity contribution in [3.8, 4) is 11.5 Å². The van der Waals surface area contributed by atoms with Gasteiger partial charge in [0, 0.05) is 13.1 Å². The first kappa shape index (κ1) is 21.5. The molecule has 0 spiro atoms. The normalized spacial score (nSPS) is 11.3. The number of halogens is 3. The van der Waals surface area contributed by atoms with E-state index in [-0.39, 0.29) is 18.3 Å². The van der Waals surface area contributed by atoms with Gasteiger partial charge in [-0.15, -0.1) is 0 Å². The minimum absolute atomic E-state index is 0.232. The van der Waals surface area contributed by atoms with Gasteiger partial charge in [-0.25, -0.2) is 0 Å². The van der Waals surface area contributed by atoms with Crippen molar-refractivity contribution < 1.29 is 27.4 Å². The summed E-state index contributed by atoms with van der Waals surface area (Å²) in [5, 5.41) is 0. The maximum Gasteiger partial charge on any atom is 0.442 e. The zero-order valence-electron chi connectivity index (χ0n) is 14.7. The molecule has 4 nitrogen and oxygen atoms in total. The van der Waals surface area contributed by atoms with E-state index < -0.39 is 17.2 Å². The summed E-state index contributed by atoms with van der Waals surface area (Å²) < 4.78 is 47.8. The summed E-state index contributed by atoms with van der Waals surface area (Å²) in [5.74, 6) is 0.00118. The second-order valence-electron chi connectivity index (χ2n) is 5.38. The van der Waals surface area contributed by atoms with Gasteiger partial charge in [-0.1, -0.05) is 19.9 Å². The monoisotopic (exact) mass is 379 g/mol. The average molecular weight is 379 g/mol. The third-order valence-electron chi connectivity index (χ3n) is 3.27. The van der Waals surface area contributed by atoms with E-state index in [2.05, 4.69) is 0 Å². The minimum atomic E-state index is -4.41. The zero-order chi connectivity index (χ0) is 18.9. The summed E-state index contributed by atoms with van der Waals surface area (Å²) in [5.41, 5.74) is -3.63. The number of amides is 1. The first-order valence-corrected chi connectivity index (χ1v) is 9.07. The van der Waals surface area contributed by atoms with Crippen molar-refractivity contribution in [2.75, 3.05) is 26.0 Å². The SMILES string of the molecule is CCCOc1ccc(CN(CCC)C(=O)CSC(F)(F)F)cc1OC. The van der Waals surface area contributed by atoms with Gasteiger partial charge in [0.25, 0.3) is 0 Å². The highest BCUT2D eigenvalue weighted by Gasteiger charge is 2.30. The number of rotatable bonds is 10. The van der Waals surface area contributed by atoms with Crippen molar-refractivity contribution >= 4 is 17.7 Å². The Bertz CT molecular complexity index is 552. The molecular formula is C17H24F3NO3S. The molecule has 0 N–H and O–H groups in total. The molecule has 8 heteroatoms. The lowest BCUT2D eigenvalue weighted by Crippen LogP contribution is -2.33. The van der Waals surface area contributed by atoms with E-state index in [0.717, 1.165) is 12.0 Å². The topological polar surface area (TPSA) is 38.8 Å². The van der Waals surface area contributed by atoms with Crippen LogP contribution in [0, 0.1) is 0 Å². The molecule has 1 rings (SSSR count). The van der Waals surface area contributed by atoms with Crippen LogP contribution >= 0.6 is 11.8 Å². The van der Waals surface area contributed by atoms with Crippen molar-refractivity contribution in [2.24, 2.45) is 0 Å². The van der Waals surface area contributed by atoms with Gasteiger partial charge in [0.15, 0.2) is 11.5 Å². The van der Waals surface area contributed by atoms with Crippen LogP contribution in [0.15, 0.2) is 18.2 Å². The van der Waals surface area contributed by atoms with E-state index in [1.165, 1.54) is 12.0 Å². The van der Waals surface area contributed by atoms with Crippen LogP contribution in [-0.2, 0) is 11.3 Å². The Labute approximate surface area is 150 Å². The van der Waals surface area contributed by atoms with Crippen molar-refractivity contribution in [2.45, 2.75) is 38.7 Å². The van der Waals surface area contributed by atoms with Crippen LogP contribution in [0.25, 0.3) is 0 Å². The fraction of sp³-hybridized carbons (Fsp3) is 0.588. The van der Waals surface area contributed by atoms with Crippen molar-refractivity contribution in [3.05, 3.63) is 23.8 Å². The summed E-state index contributed by atoms with van der Waals surface area (Å²) >= 11 is -0.310. The van der Waals surface area contributed by atoms with Crippen LogP contribution in [0.2, 0.25) is 0 Å². The number of ether oxygens (including phenoxy) is 2. The lowest BCUT2D eigenvalue weighted by atomic mass is 10.2. The molecule has 0 saturated carbocycles. The smallest absolute Gasteiger partial charge is 0.442 e. The molecule has 25 heavy (non-hydrogen) atoms. The molecular weight excluding hydrogens is 355 g/mol. The van der Waals surface area contributed by atoms with Crippen LogP contribution in [0.4, 0.5) is 13.2 Å². The molecule has 1 aromatic rings. The maximum absolute atomic E-state index is 12.3. The van der Waals surface area contributed by atoms with Crippen molar-refractivity contribution in [3.63, 3.8) is 0 Å². The molecule has 0 radical (unpaired) electrons. The molecule has 0 aliphatic rings. The van der Waals surface area contributed by atoms with Crippen molar-refractivity contribution in [1.82, 2.24) is 4.90 Å². The average Bonchev–Trinajstić information content (AvgIpc) is 2.57. The van der Waals surface area contributed by atoms with E-state index in [0.29, 0.717) is 31.1 Å². The molecule has 0 aliphatic heterocycles. The highest BCUT2D eigenvalue weighted by molar-refractivity contribution is 8.00. The molecule has 0 atom stereocenters. The van der Waals surface area contributed by atoms with Crippen LogP contribution in [0.1, 0.15) is 32.3 Å². The predicted molar refractivity (Wildman–Crippen MR) is 93.0 cm³/mol. The van der Waals surface area contributed by atoms with Gasteiger partial charge in [0.05, 0.1) is 19.5 Å². The molecule has 1 amide bonds. The van der Waals surface area contributed by atoms with Crippen molar-refractivity contribution in [1.29, 1.82) is 0 Å². The Balaban J connectivity index is 2.81. The lowest BCUT2D eigenvalue weighted by molar-refractivity contribution is -0.129. The summed E-state index contributed by atoms with van der Waals surface area (Å²) in [6, 6.07) is 5.29. The molecule has 0 bridgehead atoms. The second kappa shape index (κ2) is 10.4. The first-order chi connectivity index (χ1) is 11.8. The predicted octanol–water partition coefficient (Wildman–Crippen LogP) is 4.48. The van der Waals surface area contributed by atoms with Crippen LogP contribution in [0.5, 0.6) is 11.5 Å². The highest BCUT2D eigenvalue weighted by atomic mass is 32.2. The molecule has 1 aromatic carbocycles. The van der Waals surface area contributed by atoms with Gasteiger partial charge in [0.1, 0.15) is 0 Å². The standard InChI is InChI=1S/C17H24F3NO3S/c1-4-8-21(16(22)12-25-17(18,19)20)11-13-6-7-14(24-9-5-2)15(10-13)23-3/h6-7,10H,4-5,8-9,11-12H2,1-3H3. The second-order valence-corrected chi connectivity index (χ2v) is 6.42. The molecule has 0 aromatic heterocycles. The minimum Gasteiger partial charge on any atom is -0.493 e. The molecule has 0 fully saturated rings. The highest BCUT2D eigenvalue weighted by Crippen LogP contribution is 2.31. The summed E-state index contributed by atoms with van der Waals surface area (Å²) in [7, 11) is 1.52. The number of carbonyl (C=O) groups is 1. The Morgan fingerprint density at radius 3 is 2.48 bits per heavy atom. The van der Waals surface area contributed by atoms with Gasteiger partial charge >= 0.3 is 5.51 Å². The Hall–Kier alpha value is -1.57. The summed E-state index contributed by atoms with van der Waals surface area (Å²) in [6.07, 6.45) is 1.53. The van der Waals surface area contributed by atoms with E-state index in [1.807, 2.05) is 13.8 Å². The number of benzene rings is 1. The number of alkyl halides is 3. The summed E-state index contributed by atoms with van der Waals surface area (Å²) in [6.45, 7) is 5.06. The first-order valence-electron chi connectivity index (χ1n) is 8.08. The third-order valence-corrected chi connectivity index (χ3v) is 3.99. The lowest BCUT2D eigenvalue weighted by Gasteiger charge is -2.23. The van der Waals surface area contributed by atoms with Crippen LogP contribution < -0.4 is 9.47 Å². The van der Waals surface area contributed by atoms with E-state index in [1.54, 1.807) is 18.2 Å². The molecule has 0 heterocycles. The van der Waals surface area contributed by atoms with Crippen LogP contribution in [-0.4, -0.2) is 42.3 Å². The van der Waals surface area contributed by atoms with E-state index in [9.17, 15) is 18.0 Å². The third kappa shape index (κ3) is 7.90. The summed E-state index contributed by atoms with van der Waals surface area (Å²) in [4.78, 5) is 13.5. The largest absolute Gasteiger partial charge is 0.493 e. The number of nitrogens with zero attached hydrogens (tertiary/aromatic N) is 1. The number of hydrogen-bond acceptors (Lipinski definition) is 4. The number of thioether (sulfide) groups is 1. The van der Waals surface area contributed by atoms with Gasteiger partial charge in [-0.05, 0) is 42.3 Å². The molecule has 0 aliphatic carbocycles. The zero-order valence-corrected chi connectivity index (χ0v) is 15.5.